The second-order valence-electron chi connectivity index (χ2n) is 10.4. The standard InChI is InChI=1S/C24H25F5N8O2S/c1-36-18(7-17(35-36)24(27,28)29)32-23-34-31-9-37(23)11-2-3-16-13(5-11)19(21(39)30-8-10-4-14(10)25)22(40-16)33-20(38)12-6-15(12)26/h7,9-12,14-15H,2-6,8H2,1H3,(H,30,39)(H,32,34)(H,33,38)/t10-,11-,12-,14-,15+/m0/s1. The van der Waals surface area contributed by atoms with Crippen LogP contribution in [0.25, 0.3) is 0 Å². The molecular formula is C24H25F5N8O2S. The van der Waals surface area contributed by atoms with Crippen LogP contribution < -0.4 is 16.0 Å². The average Bonchev–Trinajstić information content (AvgIpc) is 3.59. The Morgan fingerprint density at radius 3 is 2.60 bits per heavy atom. The SMILES string of the molecule is Cn1nc(C(F)(F)F)cc1Nc1nncn1[C@H]1CCc2sc(NC(=O)[C@H]3C[C@H]3F)c(C(=O)NC[C@@H]3C[C@@H]3F)c2C1. The van der Waals surface area contributed by atoms with Crippen LogP contribution in [0.1, 0.15) is 51.8 Å². The molecule has 5 atom stereocenters. The third kappa shape index (κ3) is 5.15. The number of anilines is 3. The first kappa shape index (κ1) is 26.7. The highest BCUT2D eigenvalue weighted by atomic mass is 32.1. The van der Waals surface area contributed by atoms with Crippen molar-refractivity contribution >= 4 is 39.9 Å². The van der Waals surface area contributed by atoms with E-state index in [1.54, 1.807) is 4.57 Å². The second-order valence-corrected chi connectivity index (χ2v) is 11.5. The van der Waals surface area contributed by atoms with E-state index in [0.717, 1.165) is 15.6 Å². The zero-order valence-corrected chi connectivity index (χ0v) is 22.0. The topological polar surface area (TPSA) is 119 Å². The Balaban J connectivity index is 1.25. The predicted molar refractivity (Wildman–Crippen MR) is 134 cm³/mol. The van der Waals surface area contributed by atoms with Crippen molar-refractivity contribution < 1.29 is 31.5 Å². The number of hydrogen-bond donors (Lipinski definition) is 3. The average molecular weight is 585 g/mol. The lowest BCUT2D eigenvalue weighted by Crippen LogP contribution is -2.29. The smallest absolute Gasteiger partial charge is 0.352 e. The lowest BCUT2D eigenvalue weighted by molar-refractivity contribution is -0.141. The molecule has 3 aromatic heterocycles. The minimum Gasteiger partial charge on any atom is -0.352 e. The molecule has 0 saturated heterocycles. The van der Waals surface area contributed by atoms with Crippen molar-refractivity contribution in [3.05, 3.63) is 34.1 Å². The van der Waals surface area contributed by atoms with Crippen LogP contribution in [0.4, 0.5) is 38.7 Å². The van der Waals surface area contributed by atoms with Gasteiger partial charge in [-0.3, -0.25) is 18.8 Å². The minimum atomic E-state index is -4.61. The summed E-state index contributed by atoms with van der Waals surface area (Å²) in [6.45, 7) is 0.167. The van der Waals surface area contributed by atoms with Gasteiger partial charge in [0.1, 0.15) is 29.5 Å². The molecule has 3 N–H and O–H groups in total. The Bertz CT molecular complexity index is 1470. The van der Waals surface area contributed by atoms with Crippen molar-refractivity contribution in [2.75, 3.05) is 17.2 Å². The molecule has 214 valence electrons. The molecular weight excluding hydrogens is 559 g/mol. The van der Waals surface area contributed by atoms with E-state index in [1.165, 1.54) is 24.7 Å². The van der Waals surface area contributed by atoms with E-state index in [4.69, 9.17) is 0 Å². The number of carbonyl (C=O) groups is 2. The van der Waals surface area contributed by atoms with Crippen LogP contribution in [0, 0.1) is 11.8 Å². The van der Waals surface area contributed by atoms with E-state index in [2.05, 4.69) is 31.2 Å². The summed E-state index contributed by atoms with van der Waals surface area (Å²) in [5, 5.41) is 20.1. The fourth-order valence-electron chi connectivity index (χ4n) is 4.94. The number of hydrogen-bond acceptors (Lipinski definition) is 7. The lowest BCUT2D eigenvalue weighted by Gasteiger charge is -2.25. The van der Waals surface area contributed by atoms with Crippen molar-refractivity contribution in [1.82, 2.24) is 29.9 Å². The highest BCUT2D eigenvalue weighted by molar-refractivity contribution is 7.17. The van der Waals surface area contributed by atoms with E-state index in [-0.39, 0.29) is 42.3 Å². The van der Waals surface area contributed by atoms with Crippen molar-refractivity contribution in [2.24, 2.45) is 18.9 Å². The van der Waals surface area contributed by atoms with Gasteiger partial charge in [0.25, 0.3) is 5.91 Å². The Labute approximate surface area is 228 Å². The van der Waals surface area contributed by atoms with E-state index >= 15 is 0 Å². The van der Waals surface area contributed by atoms with Crippen LogP contribution in [0.5, 0.6) is 0 Å². The lowest BCUT2D eigenvalue weighted by atomic mass is 9.91. The van der Waals surface area contributed by atoms with Crippen molar-refractivity contribution in [3.8, 4) is 0 Å². The summed E-state index contributed by atoms with van der Waals surface area (Å²) < 4.78 is 69.0. The van der Waals surface area contributed by atoms with Gasteiger partial charge in [-0.2, -0.15) is 18.3 Å². The molecule has 3 heterocycles. The predicted octanol–water partition coefficient (Wildman–Crippen LogP) is 3.95. The molecule has 2 saturated carbocycles. The number of thiophene rings is 1. The van der Waals surface area contributed by atoms with Gasteiger partial charge >= 0.3 is 6.18 Å². The van der Waals surface area contributed by atoms with Crippen LogP contribution >= 0.6 is 11.3 Å². The highest BCUT2D eigenvalue weighted by Gasteiger charge is 2.44. The summed E-state index contributed by atoms with van der Waals surface area (Å²) >= 11 is 1.26. The van der Waals surface area contributed by atoms with Gasteiger partial charge in [0.2, 0.25) is 11.9 Å². The molecule has 0 spiro atoms. The fraction of sp³-hybridized carbons (Fsp3) is 0.542. The first-order chi connectivity index (χ1) is 19.0. The van der Waals surface area contributed by atoms with Crippen molar-refractivity contribution in [3.63, 3.8) is 0 Å². The zero-order valence-electron chi connectivity index (χ0n) is 21.1. The van der Waals surface area contributed by atoms with Gasteiger partial charge in [-0.1, -0.05) is 0 Å². The van der Waals surface area contributed by atoms with Gasteiger partial charge in [0.05, 0.1) is 11.5 Å². The number of carbonyl (C=O) groups excluding carboxylic acids is 2. The molecule has 6 rings (SSSR count). The summed E-state index contributed by atoms with van der Waals surface area (Å²) in [5.41, 5.74) is -0.0760. The summed E-state index contributed by atoms with van der Waals surface area (Å²) in [7, 11) is 1.37. The number of fused-ring (bicyclic) bond motifs is 1. The largest absolute Gasteiger partial charge is 0.435 e. The van der Waals surface area contributed by atoms with Gasteiger partial charge in [-0.25, -0.2) is 8.78 Å². The van der Waals surface area contributed by atoms with Crippen LogP contribution in [0.15, 0.2) is 12.4 Å². The molecule has 0 aromatic carbocycles. The number of alkyl halides is 5. The Morgan fingerprint density at radius 2 is 1.95 bits per heavy atom. The molecule has 3 aliphatic rings. The van der Waals surface area contributed by atoms with Crippen LogP contribution in [-0.4, -0.2) is 55.2 Å². The Kier molecular flexibility index (Phi) is 6.54. The Morgan fingerprint density at radius 1 is 1.20 bits per heavy atom. The molecule has 16 heteroatoms. The molecule has 3 aromatic rings. The Hall–Kier alpha value is -3.56. The summed E-state index contributed by atoms with van der Waals surface area (Å²) in [6, 6.07) is 0.611. The highest BCUT2D eigenvalue weighted by Crippen LogP contribution is 2.43. The maximum absolute atomic E-state index is 13.5. The number of amides is 2. The number of nitrogens with zero attached hydrogens (tertiary/aromatic N) is 5. The molecule has 2 amide bonds. The number of aryl methyl sites for hydroxylation is 2. The van der Waals surface area contributed by atoms with Gasteiger partial charge < -0.3 is 16.0 Å². The van der Waals surface area contributed by atoms with E-state index in [1.807, 2.05) is 0 Å². The second kappa shape index (κ2) is 9.82. The van der Waals surface area contributed by atoms with Gasteiger partial charge in [0.15, 0.2) is 5.69 Å². The summed E-state index contributed by atoms with van der Waals surface area (Å²) in [4.78, 5) is 26.7. The van der Waals surface area contributed by atoms with Crippen LogP contribution in [-0.2, 0) is 30.9 Å². The molecule has 2 fully saturated rings. The van der Waals surface area contributed by atoms with Gasteiger partial charge in [-0.05, 0) is 37.7 Å². The summed E-state index contributed by atoms with van der Waals surface area (Å²) in [6.07, 6.45) is -3.26. The van der Waals surface area contributed by atoms with E-state index in [0.29, 0.717) is 36.2 Å². The van der Waals surface area contributed by atoms with Crippen molar-refractivity contribution in [2.45, 2.75) is 56.7 Å². The monoisotopic (exact) mass is 584 g/mol. The number of rotatable bonds is 8. The first-order valence-corrected chi connectivity index (χ1v) is 13.6. The fourth-order valence-corrected chi connectivity index (χ4v) is 6.19. The maximum Gasteiger partial charge on any atom is 0.435 e. The van der Waals surface area contributed by atoms with Crippen LogP contribution in [0.3, 0.4) is 0 Å². The molecule has 0 unspecified atom stereocenters. The van der Waals surface area contributed by atoms with E-state index < -0.39 is 41.9 Å². The third-order valence-electron chi connectivity index (χ3n) is 7.49. The molecule has 40 heavy (non-hydrogen) atoms. The molecule has 10 nitrogen and oxygen atoms in total. The number of aromatic nitrogens is 5. The third-order valence-corrected chi connectivity index (χ3v) is 8.69. The van der Waals surface area contributed by atoms with Gasteiger partial charge in [0, 0.05) is 36.5 Å². The normalized spacial score (nSPS) is 25.3. The van der Waals surface area contributed by atoms with E-state index in [9.17, 15) is 31.5 Å². The van der Waals surface area contributed by atoms with Crippen LogP contribution in [0.2, 0.25) is 0 Å². The number of nitrogens with one attached hydrogen (secondary N) is 3. The quantitative estimate of drug-likeness (QED) is 0.345. The molecule has 0 bridgehead atoms. The summed E-state index contributed by atoms with van der Waals surface area (Å²) in [5.74, 6) is -1.64. The molecule has 3 aliphatic carbocycles. The first-order valence-electron chi connectivity index (χ1n) is 12.8. The molecule has 0 aliphatic heterocycles. The van der Waals surface area contributed by atoms with Gasteiger partial charge in [-0.15, -0.1) is 21.5 Å². The van der Waals surface area contributed by atoms with Crippen molar-refractivity contribution in [1.29, 1.82) is 0 Å². The molecule has 0 radical (unpaired) electrons. The number of halogens is 5. The minimum absolute atomic E-state index is 0.0659. The zero-order chi connectivity index (χ0) is 28.3. The maximum atomic E-state index is 13.5.